The molecule has 3 aromatic rings. The van der Waals surface area contributed by atoms with Crippen molar-refractivity contribution in [2.24, 2.45) is 11.8 Å². The normalized spacial score (nSPS) is 16.4. The van der Waals surface area contributed by atoms with Crippen LogP contribution in [0.15, 0.2) is 54.6 Å². The minimum atomic E-state index is -0.850. The molecule has 0 spiro atoms. The van der Waals surface area contributed by atoms with Crippen molar-refractivity contribution in [1.82, 2.24) is 10.3 Å². The van der Waals surface area contributed by atoms with Gasteiger partial charge in [0.1, 0.15) is 23.0 Å². The number of nitrogen functional groups attached to an aromatic ring is 1. The highest BCUT2D eigenvalue weighted by Gasteiger charge is 2.43. The first kappa shape index (κ1) is 24.1. The lowest BCUT2D eigenvalue weighted by atomic mass is 9.98. The summed E-state index contributed by atoms with van der Waals surface area (Å²) < 4.78 is 33.6. The van der Waals surface area contributed by atoms with E-state index in [9.17, 15) is 18.4 Å². The number of aromatic nitrogens is 1. The van der Waals surface area contributed by atoms with Gasteiger partial charge < -0.3 is 15.8 Å². The number of methoxy groups -OCH3 is 1. The molecular formula is C25H24F2N4O4. The molecule has 0 radical (unpaired) electrons. The molecule has 182 valence electrons. The molecular weight excluding hydrogens is 458 g/mol. The summed E-state index contributed by atoms with van der Waals surface area (Å²) in [6.07, 6.45) is 0.662. The van der Waals surface area contributed by atoms with E-state index in [1.807, 2.05) is 0 Å². The van der Waals surface area contributed by atoms with Crippen molar-refractivity contribution in [2.75, 3.05) is 24.9 Å². The minimum absolute atomic E-state index is 0.00645. The Hall–Kier alpha value is -4.05. The Labute approximate surface area is 200 Å². The van der Waals surface area contributed by atoms with Crippen LogP contribution >= 0.6 is 0 Å². The Morgan fingerprint density at radius 2 is 1.91 bits per heavy atom. The molecule has 0 aliphatic heterocycles. The van der Waals surface area contributed by atoms with Crippen LogP contribution in [0.2, 0.25) is 0 Å². The maximum atomic E-state index is 14.7. The number of nitrogens with two attached hydrogens (primary N) is 1. The lowest BCUT2D eigenvalue weighted by Gasteiger charge is -2.11. The molecule has 35 heavy (non-hydrogen) atoms. The van der Waals surface area contributed by atoms with E-state index < -0.39 is 17.6 Å². The molecule has 2 unspecified atom stereocenters. The van der Waals surface area contributed by atoms with Crippen LogP contribution in [0.4, 0.5) is 20.4 Å². The number of esters is 1. The van der Waals surface area contributed by atoms with E-state index in [1.54, 1.807) is 24.3 Å². The molecule has 2 atom stereocenters. The fourth-order valence-electron chi connectivity index (χ4n) is 3.73. The second kappa shape index (κ2) is 10.5. The molecule has 0 bridgehead atoms. The van der Waals surface area contributed by atoms with Crippen molar-refractivity contribution in [1.29, 1.82) is 0 Å². The number of pyridine rings is 1. The zero-order valence-corrected chi connectivity index (χ0v) is 18.9. The first-order valence-electron chi connectivity index (χ1n) is 10.9. The Kier molecular flexibility index (Phi) is 7.21. The summed E-state index contributed by atoms with van der Waals surface area (Å²) >= 11 is 0. The predicted molar refractivity (Wildman–Crippen MR) is 125 cm³/mol. The molecule has 1 aliphatic carbocycles. The third kappa shape index (κ3) is 5.72. The molecule has 2 aromatic carbocycles. The monoisotopic (exact) mass is 482 g/mol. The van der Waals surface area contributed by atoms with E-state index in [-0.39, 0.29) is 41.0 Å². The Morgan fingerprint density at radius 1 is 1.11 bits per heavy atom. The number of benzene rings is 2. The summed E-state index contributed by atoms with van der Waals surface area (Å²) in [6, 6.07) is 13.4. The van der Waals surface area contributed by atoms with Crippen LogP contribution in [-0.4, -0.2) is 30.6 Å². The molecule has 0 saturated heterocycles. The summed E-state index contributed by atoms with van der Waals surface area (Å²) in [7, 11) is 1.15. The number of hydrogen-bond acceptors (Lipinski definition) is 7. The fourth-order valence-corrected chi connectivity index (χ4v) is 3.73. The van der Waals surface area contributed by atoms with E-state index in [0.717, 1.165) is 13.2 Å². The van der Waals surface area contributed by atoms with Gasteiger partial charge in [0, 0.05) is 18.0 Å². The number of carbonyl (C=O) groups excluding carboxylic acids is 2. The zero-order valence-electron chi connectivity index (χ0n) is 18.9. The summed E-state index contributed by atoms with van der Waals surface area (Å²) in [5.74, 6) is -1.72. The van der Waals surface area contributed by atoms with Crippen molar-refractivity contribution in [3.63, 3.8) is 0 Å². The number of hydrogen-bond donors (Lipinski definition) is 3. The SMILES string of the molecule is COC(=O)c1c(F)cccc1-c1ccc(CNC(=O)C2CC2CONc2cccc(N)n2)c(F)c1. The molecule has 1 fully saturated rings. The second-order valence-corrected chi connectivity index (χ2v) is 8.14. The van der Waals surface area contributed by atoms with Gasteiger partial charge in [-0.2, -0.15) is 0 Å². The Balaban J connectivity index is 1.31. The first-order valence-corrected chi connectivity index (χ1v) is 10.9. The first-order chi connectivity index (χ1) is 16.9. The number of amides is 1. The third-order valence-electron chi connectivity index (χ3n) is 5.72. The molecule has 1 heterocycles. The standard InChI is InChI=1S/C25H24F2N4O4/c1-34-25(33)23-17(4-2-5-19(23)26)14-8-9-15(20(27)11-14)12-29-24(32)18-10-16(18)13-35-31-22-7-3-6-21(28)30-22/h2-9,11,16,18H,10,12-13H2,1H3,(H,29,32)(H3,28,30,31). The van der Waals surface area contributed by atoms with Gasteiger partial charge in [0.25, 0.3) is 0 Å². The van der Waals surface area contributed by atoms with E-state index in [4.69, 9.17) is 10.6 Å². The van der Waals surface area contributed by atoms with Gasteiger partial charge in [-0.15, -0.1) is 0 Å². The minimum Gasteiger partial charge on any atom is -0.465 e. The van der Waals surface area contributed by atoms with Gasteiger partial charge in [-0.05, 0) is 47.7 Å². The lowest BCUT2D eigenvalue weighted by molar-refractivity contribution is -0.122. The van der Waals surface area contributed by atoms with Crippen molar-refractivity contribution < 1.29 is 27.9 Å². The van der Waals surface area contributed by atoms with E-state index in [1.165, 1.54) is 24.3 Å². The Bertz CT molecular complexity index is 1250. The topological polar surface area (TPSA) is 116 Å². The smallest absolute Gasteiger partial charge is 0.341 e. The molecule has 1 amide bonds. The molecule has 1 saturated carbocycles. The summed E-state index contributed by atoms with van der Waals surface area (Å²) in [5.41, 5.74) is 8.83. The van der Waals surface area contributed by atoms with Crippen LogP contribution in [-0.2, 0) is 20.9 Å². The number of anilines is 2. The molecule has 8 nitrogen and oxygen atoms in total. The second-order valence-electron chi connectivity index (χ2n) is 8.14. The lowest BCUT2D eigenvalue weighted by Crippen LogP contribution is -2.26. The maximum absolute atomic E-state index is 14.7. The fraction of sp³-hybridized carbons (Fsp3) is 0.240. The van der Waals surface area contributed by atoms with Crippen molar-refractivity contribution in [2.45, 2.75) is 13.0 Å². The number of ether oxygens (including phenoxy) is 1. The summed E-state index contributed by atoms with van der Waals surface area (Å²) in [4.78, 5) is 33.8. The van der Waals surface area contributed by atoms with Gasteiger partial charge >= 0.3 is 5.97 Å². The number of halogens is 2. The van der Waals surface area contributed by atoms with Crippen molar-refractivity contribution in [3.8, 4) is 11.1 Å². The molecule has 1 aliphatic rings. The number of nitrogens with zero attached hydrogens (tertiary/aromatic N) is 1. The van der Waals surface area contributed by atoms with Crippen molar-refractivity contribution in [3.05, 3.63) is 77.4 Å². The number of nitrogens with one attached hydrogen (secondary N) is 2. The van der Waals surface area contributed by atoms with Crippen LogP contribution in [0, 0.1) is 23.5 Å². The van der Waals surface area contributed by atoms with Crippen LogP contribution in [0.25, 0.3) is 11.1 Å². The van der Waals surface area contributed by atoms with E-state index in [0.29, 0.717) is 30.2 Å². The van der Waals surface area contributed by atoms with Gasteiger partial charge in [0.15, 0.2) is 5.82 Å². The predicted octanol–water partition coefficient (Wildman–Crippen LogP) is 3.69. The van der Waals surface area contributed by atoms with Crippen LogP contribution < -0.4 is 16.5 Å². The molecule has 10 heteroatoms. The van der Waals surface area contributed by atoms with Gasteiger partial charge in [-0.3, -0.25) is 9.63 Å². The van der Waals surface area contributed by atoms with Crippen LogP contribution in [0.5, 0.6) is 0 Å². The highest BCUT2D eigenvalue weighted by Crippen LogP contribution is 2.39. The quantitative estimate of drug-likeness (QED) is 0.315. The highest BCUT2D eigenvalue weighted by atomic mass is 19.1. The van der Waals surface area contributed by atoms with Crippen LogP contribution in [0.1, 0.15) is 22.3 Å². The summed E-state index contributed by atoms with van der Waals surface area (Å²) in [6.45, 7) is 0.307. The molecule has 1 aromatic heterocycles. The summed E-state index contributed by atoms with van der Waals surface area (Å²) in [5, 5.41) is 2.74. The average Bonchev–Trinajstić information content (AvgIpc) is 3.62. The third-order valence-corrected chi connectivity index (χ3v) is 5.72. The number of carbonyl (C=O) groups is 2. The van der Waals surface area contributed by atoms with Gasteiger partial charge in [0.05, 0.1) is 13.7 Å². The van der Waals surface area contributed by atoms with E-state index in [2.05, 4.69) is 20.5 Å². The Morgan fingerprint density at radius 3 is 2.66 bits per heavy atom. The van der Waals surface area contributed by atoms with Gasteiger partial charge in [0.2, 0.25) is 5.91 Å². The highest BCUT2D eigenvalue weighted by molar-refractivity contribution is 5.97. The molecule has 4 N–H and O–H groups in total. The molecule has 4 rings (SSSR count). The van der Waals surface area contributed by atoms with Crippen LogP contribution in [0.3, 0.4) is 0 Å². The average molecular weight is 482 g/mol. The number of rotatable bonds is 9. The van der Waals surface area contributed by atoms with Gasteiger partial charge in [-0.1, -0.05) is 30.3 Å². The zero-order chi connectivity index (χ0) is 24.9. The largest absolute Gasteiger partial charge is 0.465 e. The van der Waals surface area contributed by atoms with E-state index >= 15 is 0 Å². The maximum Gasteiger partial charge on any atom is 0.341 e. The van der Waals surface area contributed by atoms with Crippen molar-refractivity contribution >= 4 is 23.5 Å². The van der Waals surface area contributed by atoms with Gasteiger partial charge in [-0.25, -0.2) is 24.0 Å².